The molecule has 0 aromatic rings. The molecule has 0 rings (SSSR count). The SMILES string of the molecule is CCCCCCCCCCCCCCCCCC(=O)[N+](C)(CCO)C(=O)CCCCCCCCCCCCCCCCC.[Cl-]. The maximum Gasteiger partial charge on any atom is 0.320 e. The van der Waals surface area contributed by atoms with Gasteiger partial charge in [0.25, 0.3) is 0 Å². The van der Waals surface area contributed by atoms with Crippen molar-refractivity contribution in [1.82, 2.24) is 0 Å². The quantitative estimate of drug-likeness (QED) is 0.0562. The van der Waals surface area contributed by atoms with Crippen molar-refractivity contribution in [3.63, 3.8) is 0 Å². The number of halogens is 1. The average molecular weight is 645 g/mol. The molecule has 0 heterocycles. The molecule has 0 aliphatic carbocycles. The fraction of sp³-hybridized carbons (Fsp3) is 0.949. The number of rotatable bonds is 34. The molecular weight excluding hydrogens is 566 g/mol. The highest BCUT2D eigenvalue weighted by atomic mass is 35.5. The predicted octanol–water partition coefficient (Wildman–Crippen LogP) is 9.01. The summed E-state index contributed by atoms with van der Waals surface area (Å²) in [6.07, 6.45) is 40.0. The van der Waals surface area contributed by atoms with Crippen molar-refractivity contribution in [2.45, 2.75) is 219 Å². The molecule has 4 nitrogen and oxygen atoms in total. The van der Waals surface area contributed by atoms with Crippen LogP contribution in [-0.2, 0) is 9.59 Å². The van der Waals surface area contributed by atoms with Crippen molar-refractivity contribution in [2.24, 2.45) is 0 Å². The largest absolute Gasteiger partial charge is 1.00 e. The first-order chi connectivity index (χ1) is 21.0. The van der Waals surface area contributed by atoms with E-state index in [1.807, 2.05) is 0 Å². The number of hydrogen-bond donors (Lipinski definition) is 1. The Balaban J connectivity index is 0. The highest BCUT2D eigenvalue weighted by molar-refractivity contribution is 5.84. The summed E-state index contributed by atoms with van der Waals surface area (Å²) in [5, 5.41) is 9.59. The zero-order valence-electron chi connectivity index (χ0n) is 30.1. The van der Waals surface area contributed by atoms with E-state index in [1.165, 1.54) is 167 Å². The Labute approximate surface area is 282 Å². The molecule has 0 fully saturated rings. The van der Waals surface area contributed by atoms with E-state index in [2.05, 4.69) is 13.8 Å². The van der Waals surface area contributed by atoms with Crippen LogP contribution in [0, 0.1) is 0 Å². The van der Waals surface area contributed by atoms with Gasteiger partial charge in [-0.25, -0.2) is 9.59 Å². The second-order valence-corrected chi connectivity index (χ2v) is 13.8. The summed E-state index contributed by atoms with van der Waals surface area (Å²) in [6, 6.07) is 0. The molecule has 264 valence electrons. The van der Waals surface area contributed by atoms with Gasteiger partial charge in [0.2, 0.25) is 0 Å². The van der Waals surface area contributed by atoms with Gasteiger partial charge < -0.3 is 17.5 Å². The molecule has 5 heteroatoms. The lowest BCUT2D eigenvalue weighted by Crippen LogP contribution is -3.00. The summed E-state index contributed by atoms with van der Waals surface area (Å²) in [5.74, 6) is -0.00981. The molecule has 0 atom stereocenters. The molecule has 2 amide bonds. The smallest absolute Gasteiger partial charge is 0.320 e. The maximum absolute atomic E-state index is 13.0. The first-order valence-electron chi connectivity index (χ1n) is 19.6. The molecule has 0 saturated carbocycles. The Hall–Kier alpha value is -0.450. The van der Waals surface area contributed by atoms with Crippen LogP contribution in [0.5, 0.6) is 0 Å². The number of nitrogens with zero attached hydrogens (tertiary/aromatic N) is 1. The number of hydrogen-bond acceptors (Lipinski definition) is 3. The van der Waals surface area contributed by atoms with Gasteiger partial charge in [-0.05, 0) is 12.8 Å². The van der Waals surface area contributed by atoms with Crippen molar-refractivity contribution < 1.29 is 31.6 Å². The molecule has 0 aromatic heterocycles. The Morgan fingerprint density at radius 1 is 0.409 bits per heavy atom. The number of carbonyl (C=O) groups excluding carboxylic acids is 2. The lowest BCUT2D eigenvalue weighted by molar-refractivity contribution is -0.759. The van der Waals surface area contributed by atoms with Gasteiger partial charge in [-0.15, -0.1) is 0 Å². The van der Waals surface area contributed by atoms with E-state index >= 15 is 0 Å². The fourth-order valence-corrected chi connectivity index (χ4v) is 6.38. The van der Waals surface area contributed by atoms with Gasteiger partial charge in [0.1, 0.15) is 6.54 Å². The number of likely N-dealkylation sites (N-methyl/N-ethyl adjacent to an activating group) is 1. The first-order valence-corrected chi connectivity index (χ1v) is 19.6. The minimum atomic E-state index is -0.215. The van der Waals surface area contributed by atoms with Crippen molar-refractivity contribution in [2.75, 3.05) is 20.2 Å². The van der Waals surface area contributed by atoms with Gasteiger partial charge in [-0.1, -0.05) is 194 Å². The predicted molar refractivity (Wildman–Crippen MR) is 187 cm³/mol. The zero-order chi connectivity index (χ0) is 31.7. The summed E-state index contributed by atoms with van der Waals surface area (Å²) in [7, 11) is 1.73. The lowest BCUT2D eigenvalue weighted by atomic mass is 10.0. The van der Waals surface area contributed by atoms with E-state index in [-0.39, 0.29) is 41.9 Å². The minimum Gasteiger partial charge on any atom is -1.00 e. The van der Waals surface area contributed by atoms with E-state index in [4.69, 9.17) is 0 Å². The van der Waals surface area contributed by atoms with Gasteiger partial charge in [0.05, 0.1) is 26.5 Å². The second-order valence-electron chi connectivity index (χ2n) is 13.8. The third-order valence-corrected chi connectivity index (χ3v) is 9.64. The first kappa shape index (κ1) is 45.7. The van der Waals surface area contributed by atoms with Gasteiger partial charge in [-0.3, -0.25) is 0 Å². The van der Waals surface area contributed by atoms with Crippen LogP contribution in [0.4, 0.5) is 0 Å². The normalized spacial score (nSPS) is 11.5. The van der Waals surface area contributed by atoms with Crippen LogP contribution >= 0.6 is 0 Å². The molecule has 0 spiro atoms. The summed E-state index contributed by atoms with van der Waals surface area (Å²) >= 11 is 0. The van der Waals surface area contributed by atoms with Gasteiger partial charge in [-0.2, -0.15) is 4.48 Å². The molecular formula is C39H78ClNO3. The van der Waals surface area contributed by atoms with Crippen LogP contribution in [0.15, 0.2) is 0 Å². The van der Waals surface area contributed by atoms with Crippen molar-refractivity contribution in [3.8, 4) is 0 Å². The average Bonchev–Trinajstić information content (AvgIpc) is 3.00. The highest BCUT2D eigenvalue weighted by Crippen LogP contribution is 2.18. The molecule has 0 saturated heterocycles. The van der Waals surface area contributed by atoms with E-state index in [1.54, 1.807) is 7.05 Å². The second kappa shape index (κ2) is 35.4. The minimum absolute atomic E-state index is 0. The number of aliphatic hydroxyl groups is 1. The summed E-state index contributed by atoms with van der Waals surface area (Å²) in [4.78, 5) is 26.1. The Morgan fingerprint density at radius 3 is 0.818 bits per heavy atom. The monoisotopic (exact) mass is 644 g/mol. The summed E-state index contributed by atoms with van der Waals surface area (Å²) in [5.41, 5.74) is 0. The summed E-state index contributed by atoms with van der Waals surface area (Å²) in [6.45, 7) is 4.65. The number of amides is 2. The van der Waals surface area contributed by atoms with E-state index in [9.17, 15) is 14.7 Å². The van der Waals surface area contributed by atoms with Crippen LogP contribution in [0.1, 0.15) is 219 Å². The molecule has 0 bridgehead atoms. The molecule has 0 aromatic carbocycles. The molecule has 0 unspecified atom stereocenters. The Kier molecular flexibility index (Phi) is 36.8. The van der Waals surface area contributed by atoms with Crippen molar-refractivity contribution >= 4 is 11.8 Å². The van der Waals surface area contributed by atoms with E-state index in [0.717, 1.165) is 25.7 Å². The number of imide groups is 1. The van der Waals surface area contributed by atoms with E-state index < -0.39 is 0 Å². The van der Waals surface area contributed by atoms with Crippen LogP contribution in [-0.4, -0.2) is 41.6 Å². The Morgan fingerprint density at radius 2 is 0.614 bits per heavy atom. The number of quaternary nitrogens is 1. The van der Waals surface area contributed by atoms with Crippen molar-refractivity contribution in [3.05, 3.63) is 0 Å². The highest BCUT2D eigenvalue weighted by Gasteiger charge is 2.38. The van der Waals surface area contributed by atoms with Crippen LogP contribution < -0.4 is 12.4 Å². The molecule has 0 radical (unpaired) electrons. The van der Waals surface area contributed by atoms with Crippen LogP contribution in [0.25, 0.3) is 0 Å². The number of carbonyl (C=O) groups is 2. The molecule has 44 heavy (non-hydrogen) atoms. The third kappa shape index (κ3) is 27.8. The van der Waals surface area contributed by atoms with Gasteiger partial charge >= 0.3 is 11.8 Å². The van der Waals surface area contributed by atoms with Crippen LogP contribution in [0.2, 0.25) is 0 Å². The van der Waals surface area contributed by atoms with E-state index in [0.29, 0.717) is 12.8 Å². The van der Waals surface area contributed by atoms with Crippen molar-refractivity contribution in [1.29, 1.82) is 0 Å². The number of aliphatic hydroxyl groups excluding tert-OH is 1. The lowest BCUT2D eigenvalue weighted by Gasteiger charge is -2.28. The zero-order valence-corrected chi connectivity index (χ0v) is 30.9. The number of unbranched alkanes of at least 4 members (excludes halogenated alkanes) is 28. The standard InChI is InChI=1S/C39H78NO3.ClH/c1-4-6-8-10-12-14-16-18-20-22-24-26-28-30-32-34-38(42)40(3,36-37-41)39(43)35-33-31-29-27-25-23-21-19-17-15-13-11-9-7-5-2;/h41H,4-37H2,1-3H3;1H/q+1;/p-1. The molecule has 0 aliphatic heterocycles. The van der Waals surface area contributed by atoms with Gasteiger partial charge in [0.15, 0.2) is 0 Å². The maximum atomic E-state index is 13.0. The molecule has 1 N–H and O–H groups in total. The summed E-state index contributed by atoms with van der Waals surface area (Å²) < 4.78 is -0.215. The van der Waals surface area contributed by atoms with Gasteiger partial charge in [0, 0.05) is 0 Å². The third-order valence-electron chi connectivity index (χ3n) is 9.64. The Bertz CT molecular complexity index is 566. The van der Waals surface area contributed by atoms with Crippen LogP contribution in [0.3, 0.4) is 0 Å². The topological polar surface area (TPSA) is 54.4 Å². The fourth-order valence-electron chi connectivity index (χ4n) is 6.38. The molecule has 0 aliphatic rings.